The normalized spacial score (nSPS) is 12.8. The Hall–Kier alpha value is -2.82. The van der Waals surface area contributed by atoms with E-state index in [1.165, 1.54) is 0 Å². The van der Waals surface area contributed by atoms with Gasteiger partial charge < -0.3 is 14.5 Å². The van der Waals surface area contributed by atoms with E-state index in [9.17, 15) is 4.79 Å². The van der Waals surface area contributed by atoms with Crippen molar-refractivity contribution in [2.75, 3.05) is 6.79 Å². The van der Waals surface area contributed by atoms with E-state index in [0.717, 1.165) is 10.9 Å². The SMILES string of the molecule is O=C(c1ccc2c(c1)OCO2)c1c[nH]c2cnccc12. The van der Waals surface area contributed by atoms with Crippen LogP contribution in [-0.4, -0.2) is 22.5 Å². The zero-order valence-corrected chi connectivity index (χ0v) is 10.4. The topological polar surface area (TPSA) is 64.2 Å². The van der Waals surface area contributed by atoms with Crippen LogP contribution in [0, 0.1) is 0 Å². The zero-order valence-electron chi connectivity index (χ0n) is 10.4. The lowest BCUT2D eigenvalue weighted by molar-refractivity contribution is 0.104. The van der Waals surface area contributed by atoms with Crippen molar-refractivity contribution < 1.29 is 14.3 Å². The summed E-state index contributed by atoms with van der Waals surface area (Å²) in [4.78, 5) is 19.7. The van der Waals surface area contributed by atoms with Gasteiger partial charge in [0.05, 0.1) is 11.7 Å². The fraction of sp³-hybridized carbons (Fsp3) is 0.0667. The van der Waals surface area contributed by atoms with E-state index in [-0.39, 0.29) is 12.6 Å². The largest absolute Gasteiger partial charge is 0.454 e. The van der Waals surface area contributed by atoms with Crippen molar-refractivity contribution in [3.8, 4) is 11.5 Å². The molecule has 0 atom stereocenters. The van der Waals surface area contributed by atoms with Crippen LogP contribution >= 0.6 is 0 Å². The summed E-state index contributed by atoms with van der Waals surface area (Å²) in [6.07, 6.45) is 5.08. The number of nitrogens with one attached hydrogen (secondary N) is 1. The number of hydrogen-bond donors (Lipinski definition) is 1. The van der Waals surface area contributed by atoms with Gasteiger partial charge in [-0.25, -0.2) is 0 Å². The highest BCUT2D eigenvalue weighted by Gasteiger charge is 2.19. The molecule has 0 aliphatic carbocycles. The average Bonchev–Trinajstić information content (AvgIpc) is 3.12. The molecule has 0 fully saturated rings. The first-order chi connectivity index (χ1) is 9.83. The molecule has 3 heterocycles. The summed E-state index contributed by atoms with van der Waals surface area (Å²) in [5.41, 5.74) is 2.05. The molecule has 0 bridgehead atoms. The number of benzene rings is 1. The first kappa shape index (κ1) is 11.0. The molecule has 20 heavy (non-hydrogen) atoms. The van der Waals surface area contributed by atoms with E-state index in [1.54, 1.807) is 36.8 Å². The van der Waals surface area contributed by atoms with Gasteiger partial charge >= 0.3 is 0 Å². The number of fused-ring (bicyclic) bond motifs is 2. The second-order valence-corrected chi connectivity index (χ2v) is 4.52. The Morgan fingerprint density at radius 3 is 3.05 bits per heavy atom. The molecule has 1 N–H and O–H groups in total. The maximum Gasteiger partial charge on any atom is 0.231 e. The molecule has 3 aromatic rings. The molecular formula is C15H10N2O3. The molecule has 0 unspecified atom stereocenters. The highest BCUT2D eigenvalue weighted by Crippen LogP contribution is 2.33. The molecule has 1 aliphatic heterocycles. The molecule has 0 saturated carbocycles. The number of hydrogen-bond acceptors (Lipinski definition) is 4. The Morgan fingerprint density at radius 2 is 2.10 bits per heavy atom. The van der Waals surface area contributed by atoms with Crippen molar-refractivity contribution in [3.63, 3.8) is 0 Å². The van der Waals surface area contributed by atoms with Crippen LogP contribution in [-0.2, 0) is 0 Å². The number of ketones is 1. The third kappa shape index (κ3) is 1.56. The van der Waals surface area contributed by atoms with Gasteiger partial charge in [-0.05, 0) is 24.3 Å². The number of carbonyl (C=O) groups is 1. The molecule has 0 radical (unpaired) electrons. The number of nitrogens with zero attached hydrogens (tertiary/aromatic N) is 1. The second-order valence-electron chi connectivity index (χ2n) is 4.52. The minimum Gasteiger partial charge on any atom is -0.454 e. The van der Waals surface area contributed by atoms with Gasteiger partial charge in [0.1, 0.15) is 0 Å². The predicted molar refractivity (Wildman–Crippen MR) is 72.1 cm³/mol. The van der Waals surface area contributed by atoms with Crippen LogP contribution in [0.3, 0.4) is 0 Å². The molecule has 5 nitrogen and oxygen atoms in total. The molecule has 4 rings (SSSR count). The number of aromatic nitrogens is 2. The van der Waals surface area contributed by atoms with Gasteiger partial charge in [-0.3, -0.25) is 9.78 Å². The standard InChI is InChI=1S/C15H10N2O3/c18-15(9-1-2-13-14(5-9)20-8-19-13)11-6-17-12-7-16-4-3-10(11)12/h1-7,17H,8H2. The Morgan fingerprint density at radius 1 is 1.20 bits per heavy atom. The summed E-state index contributed by atoms with van der Waals surface area (Å²) in [7, 11) is 0. The van der Waals surface area contributed by atoms with Gasteiger partial charge in [0.15, 0.2) is 17.3 Å². The number of pyridine rings is 1. The molecule has 1 aromatic carbocycles. The lowest BCUT2D eigenvalue weighted by Gasteiger charge is -2.01. The van der Waals surface area contributed by atoms with Crippen molar-refractivity contribution in [2.45, 2.75) is 0 Å². The van der Waals surface area contributed by atoms with Crippen LogP contribution in [0.25, 0.3) is 10.9 Å². The summed E-state index contributed by atoms with van der Waals surface area (Å²) in [5, 5.41) is 0.864. The van der Waals surface area contributed by atoms with Gasteiger partial charge in [-0.1, -0.05) is 0 Å². The van der Waals surface area contributed by atoms with Gasteiger partial charge in [0.2, 0.25) is 6.79 Å². The van der Waals surface area contributed by atoms with Crippen LogP contribution in [0.5, 0.6) is 11.5 Å². The van der Waals surface area contributed by atoms with Crippen molar-refractivity contribution in [1.29, 1.82) is 0 Å². The van der Waals surface area contributed by atoms with Crippen LogP contribution in [0.4, 0.5) is 0 Å². The van der Waals surface area contributed by atoms with Crippen LogP contribution in [0.15, 0.2) is 42.9 Å². The molecule has 98 valence electrons. The Balaban J connectivity index is 1.80. The lowest BCUT2D eigenvalue weighted by Crippen LogP contribution is -2.00. The molecule has 5 heteroatoms. The van der Waals surface area contributed by atoms with Crippen molar-refractivity contribution in [1.82, 2.24) is 9.97 Å². The second kappa shape index (κ2) is 4.09. The maximum absolute atomic E-state index is 12.6. The van der Waals surface area contributed by atoms with E-state index in [1.807, 2.05) is 6.07 Å². The fourth-order valence-electron chi connectivity index (χ4n) is 2.35. The van der Waals surface area contributed by atoms with Crippen molar-refractivity contribution in [2.24, 2.45) is 0 Å². The number of aromatic amines is 1. The van der Waals surface area contributed by atoms with Gasteiger partial charge in [0, 0.05) is 28.9 Å². The number of carbonyl (C=O) groups excluding carboxylic acids is 1. The molecular weight excluding hydrogens is 256 g/mol. The highest BCUT2D eigenvalue weighted by molar-refractivity contribution is 6.16. The fourth-order valence-corrected chi connectivity index (χ4v) is 2.35. The highest BCUT2D eigenvalue weighted by atomic mass is 16.7. The molecule has 1 aliphatic rings. The van der Waals surface area contributed by atoms with E-state index < -0.39 is 0 Å². The maximum atomic E-state index is 12.6. The van der Waals surface area contributed by atoms with Crippen molar-refractivity contribution >= 4 is 16.7 Å². The third-order valence-corrected chi connectivity index (χ3v) is 3.36. The van der Waals surface area contributed by atoms with Crippen molar-refractivity contribution in [3.05, 3.63) is 54.0 Å². The lowest BCUT2D eigenvalue weighted by atomic mass is 10.0. The third-order valence-electron chi connectivity index (χ3n) is 3.36. The minimum absolute atomic E-state index is 0.0549. The zero-order chi connectivity index (χ0) is 13.5. The van der Waals surface area contributed by atoms with E-state index >= 15 is 0 Å². The van der Waals surface area contributed by atoms with E-state index in [4.69, 9.17) is 9.47 Å². The van der Waals surface area contributed by atoms with E-state index in [0.29, 0.717) is 22.6 Å². The van der Waals surface area contributed by atoms with Crippen LogP contribution in [0.2, 0.25) is 0 Å². The number of H-pyrrole nitrogens is 1. The predicted octanol–water partition coefficient (Wildman–Crippen LogP) is 2.52. The summed E-state index contributed by atoms with van der Waals surface area (Å²) >= 11 is 0. The van der Waals surface area contributed by atoms with E-state index in [2.05, 4.69) is 9.97 Å². The summed E-state index contributed by atoms with van der Waals surface area (Å²) < 4.78 is 10.5. The number of ether oxygens (including phenoxy) is 2. The Labute approximate surface area is 114 Å². The Kier molecular flexibility index (Phi) is 2.26. The average molecular weight is 266 g/mol. The van der Waals surface area contributed by atoms with Crippen LogP contribution < -0.4 is 9.47 Å². The Bertz CT molecular complexity index is 823. The summed E-state index contributed by atoms with van der Waals surface area (Å²) in [5.74, 6) is 1.22. The quantitative estimate of drug-likeness (QED) is 0.724. The molecule has 2 aromatic heterocycles. The van der Waals surface area contributed by atoms with Crippen LogP contribution in [0.1, 0.15) is 15.9 Å². The van der Waals surface area contributed by atoms with Gasteiger partial charge in [0.25, 0.3) is 0 Å². The first-order valence-corrected chi connectivity index (χ1v) is 6.18. The first-order valence-electron chi connectivity index (χ1n) is 6.18. The number of rotatable bonds is 2. The molecule has 0 saturated heterocycles. The molecule has 0 spiro atoms. The van der Waals surface area contributed by atoms with Gasteiger partial charge in [-0.15, -0.1) is 0 Å². The minimum atomic E-state index is -0.0549. The summed E-state index contributed by atoms with van der Waals surface area (Å²) in [6.45, 7) is 0.200. The monoisotopic (exact) mass is 266 g/mol. The van der Waals surface area contributed by atoms with Gasteiger partial charge in [-0.2, -0.15) is 0 Å². The smallest absolute Gasteiger partial charge is 0.231 e. The molecule has 0 amide bonds. The summed E-state index contributed by atoms with van der Waals surface area (Å²) in [6, 6.07) is 7.04.